The van der Waals surface area contributed by atoms with E-state index < -0.39 is 6.10 Å². The normalized spacial score (nSPS) is 12.8. The van der Waals surface area contributed by atoms with Gasteiger partial charge in [-0.15, -0.1) is 0 Å². The van der Waals surface area contributed by atoms with Crippen LogP contribution in [0.5, 0.6) is 0 Å². The van der Waals surface area contributed by atoms with Gasteiger partial charge < -0.3 is 14.6 Å². The molecule has 0 radical (unpaired) electrons. The van der Waals surface area contributed by atoms with Gasteiger partial charge in [0.15, 0.2) is 6.10 Å². The number of rotatable bonds is 48. The molecule has 0 amide bonds. The minimum atomic E-state index is -0.783. The Morgan fingerprint density at radius 1 is 0.387 bits per heavy atom. The molecule has 5 heteroatoms. The molecule has 0 saturated heterocycles. The summed E-state index contributed by atoms with van der Waals surface area (Å²) in [5, 5.41) is 9.64. The molecular weight excluding hydrogens is 765 g/mol. The molecule has 1 unspecified atom stereocenters. The quantitative estimate of drug-likeness (QED) is 0.0375. The minimum Gasteiger partial charge on any atom is -0.462 e. The van der Waals surface area contributed by atoms with Gasteiger partial charge in [0.05, 0.1) is 6.61 Å². The lowest BCUT2D eigenvalue weighted by Gasteiger charge is -2.15. The van der Waals surface area contributed by atoms with E-state index in [2.05, 4.69) is 86.8 Å². The predicted molar refractivity (Wildman–Crippen MR) is 270 cm³/mol. The Bertz CT molecular complexity index is 1110. The number of hydrogen-bond acceptors (Lipinski definition) is 5. The molecule has 1 atom stereocenters. The van der Waals surface area contributed by atoms with Crippen LogP contribution >= 0.6 is 0 Å². The molecule has 0 aromatic carbocycles. The van der Waals surface area contributed by atoms with E-state index in [0.717, 1.165) is 83.5 Å². The van der Waals surface area contributed by atoms with Crippen molar-refractivity contribution in [2.24, 2.45) is 0 Å². The molecule has 0 spiro atoms. The molecule has 5 nitrogen and oxygen atoms in total. The van der Waals surface area contributed by atoms with E-state index in [0.29, 0.717) is 12.8 Å². The van der Waals surface area contributed by atoms with E-state index in [9.17, 15) is 14.7 Å². The molecule has 0 aromatic heterocycles. The van der Waals surface area contributed by atoms with E-state index in [-0.39, 0.29) is 25.2 Å². The maximum atomic E-state index is 12.3. The fourth-order valence-electron chi connectivity index (χ4n) is 7.56. The summed E-state index contributed by atoms with van der Waals surface area (Å²) in [5.41, 5.74) is 0. The average Bonchev–Trinajstić information content (AvgIpc) is 3.28. The van der Waals surface area contributed by atoms with Crippen LogP contribution in [0.4, 0.5) is 0 Å². The van der Waals surface area contributed by atoms with Gasteiger partial charge in [-0.3, -0.25) is 9.59 Å². The van der Waals surface area contributed by atoms with Crippen LogP contribution in [-0.2, 0) is 19.1 Å². The Morgan fingerprint density at radius 3 is 1.05 bits per heavy atom. The molecule has 0 aliphatic rings. The summed E-state index contributed by atoms with van der Waals surface area (Å²) in [5.74, 6) is -0.601. The Morgan fingerprint density at radius 2 is 0.694 bits per heavy atom. The second kappa shape index (κ2) is 52.7. The number of unbranched alkanes of at least 4 members (excludes halogenated alkanes) is 28. The lowest BCUT2D eigenvalue weighted by atomic mass is 10.0. The summed E-state index contributed by atoms with van der Waals surface area (Å²) in [6, 6.07) is 0. The third-order valence-corrected chi connectivity index (χ3v) is 11.5. The number of esters is 2. The minimum absolute atomic E-state index is 0.0722. The highest BCUT2D eigenvalue weighted by molar-refractivity contribution is 5.70. The van der Waals surface area contributed by atoms with E-state index >= 15 is 0 Å². The first-order chi connectivity index (χ1) is 30.6. The van der Waals surface area contributed by atoms with Crippen molar-refractivity contribution in [3.05, 3.63) is 72.9 Å². The fraction of sp³-hybridized carbons (Fsp3) is 0.754. The summed E-state index contributed by atoms with van der Waals surface area (Å²) < 4.78 is 10.7. The van der Waals surface area contributed by atoms with Gasteiger partial charge in [-0.05, 0) is 64.2 Å². The second-order valence-electron chi connectivity index (χ2n) is 17.6. The molecule has 0 fully saturated rings. The van der Waals surface area contributed by atoms with Crippen molar-refractivity contribution in [1.29, 1.82) is 0 Å². The van der Waals surface area contributed by atoms with Crippen LogP contribution in [0.25, 0.3) is 0 Å². The van der Waals surface area contributed by atoms with Gasteiger partial charge in [-0.1, -0.05) is 254 Å². The Kier molecular flexibility index (Phi) is 50.4. The molecule has 0 saturated carbocycles. The van der Waals surface area contributed by atoms with E-state index in [4.69, 9.17) is 9.47 Å². The molecule has 0 bridgehead atoms. The van der Waals surface area contributed by atoms with Crippen LogP contribution in [-0.4, -0.2) is 36.4 Å². The summed E-state index contributed by atoms with van der Waals surface area (Å²) in [4.78, 5) is 24.5. The SMILES string of the molecule is CC/C=C\C/C=C\C/C=C\C/C=C\C/C=C\C/C=C\CCCCCCCCC(=O)OC(CO)COC(=O)CCCCCCCCCCCCCCCCCCCCCCCCC. The zero-order chi connectivity index (χ0) is 44.9. The molecule has 0 aliphatic carbocycles. The largest absolute Gasteiger partial charge is 0.462 e. The second-order valence-corrected chi connectivity index (χ2v) is 17.6. The smallest absolute Gasteiger partial charge is 0.306 e. The van der Waals surface area contributed by atoms with Crippen molar-refractivity contribution in [2.75, 3.05) is 13.2 Å². The zero-order valence-electron chi connectivity index (χ0n) is 40.9. The number of ether oxygens (including phenoxy) is 2. The number of carbonyl (C=O) groups excluding carboxylic acids is 2. The number of aliphatic hydroxyl groups excluding tert-OH is 1. The maximum absolute atomic E-state index is 12.3. The number of carbonyl (C=O) groups is 2. The molecular formula is C57H100O5. The summed E-state index contributed by atoms with van der Waals surface area (Å²) in [7, 11) is 0. The summed E-state index contributed by atoms with van der Waals surface area (Å²) in [6.07, 6.45) is 71.4. The first kappa shape index (κ1) is 59.3. The highest BCUT2D eigenvalue weighted by Gasteiger charge is 2.16. The van der Waals surface area contributed by atoms with Gasteiger partial charge in [0, 0.05) is 12.8 Å². The number of aliphatic hydroxyl groups is 1. The first-order valence-corrected chi connectivity index (χ1v) is 26.5. The summed E-state index contributed by atoms with van der Waals surface area (Å²) in [6.45, 7) is 4.04. The van der Waals surface area contributed by atoms with E-state index in [1.807, 2.05) is 0 Å². The lowest BCUT2D eigenvalue weighted by molar-refractivity contribution is -0.161. The number of hydrogen-bond donors (Lipinski definition) is 1. The van der Waals surface area contributed by atoms with E-state index in [1.165, 1.54) is 148 Å². The summed E-state index contributed by atoms with van der Waals surface area (Å²) >= 11 is 0. The Balaban J connectivity index is 3.53. The van der Waals surface area contributed by atoms with Crippen LogP contribution in [0.1, 0.15) is 258 Å². The van der Waals surface area contributed by atoms with Crippen molar-refractivity contribution in [3.63, 3.8) is 0 Å². The highest BCUT2D eigenvalue weighted by atomic mass is 16.6. The number of allylic oxidation sites excluding steroid dienone is 12. The lowest BCUT2D eigenvalue weighted by Crippen LogP contribution is -2.28. The van der Waals surface area contributed by atoms with Gasteiger partial charge in [0.25, 0.3) is 0 Å². The van der Waals surface area contributed by atoms with Gasteiger partial charge in [-0.25, -0.2) is 0 Å². The molecule has 0 heterocycles. The standard InChI is InChI=1S/C57H100O5/c1-3-5-7-9-11-13-15-17-19-21-23-25-27-28-30-32-34-36-38-40-42-44-46-48-50-52-57(60)62-55(53-58)54-61-56(59)51-49-47-45-43-41-39-37-35-33-31-29-26-24-22-20-18-16-14-12-10-8-6-4-2/h5,7,11,13,17,19,23,25,28,30,34,36,55,58H,3-4,6,8-10,12,14-16,18,20-22,24,26-27,29,31-33,35,37-54H2,1-2H3/b7-5-,13-11-,19-17-,25-23-,30-28-,36-34-. The predicted octanol–water partition coefficient (Wildman–Crippen LogP) is 17.6. The van der Waals surface area contributed by atoms with Crippen LogP contribution in [0.3, 0.4) is 0 Å². The van der Waals surface area contributed by atoms with Gasteiger partial charge in [0.2, 0.25) is 0 Å². The maximum Gasteiger partial charge on any atom is 0.306 e. The van der Waals surface area contributed by atoms with Crippen LogP contribution < -0.4 is 0 Å². The monoisotopic (exact) mass is 865 g/mol. The molecule has 62 heavy (non-hydrogen) atoms. The van der Waals surface area contributed by atoms with Crippen molar-refractivity contribution >= 4 is 11.9 Å². The van der Waals surface area contributed by atoms with Gasteiger partial charge in [0.1, 0.15) is 6.61 Å². The van der Waals surface area contributed by atoms with Crippen molar-refractivity contribution in [3.8, 4) is 0 Å². The van der Waals surface area contributed by atoms with Crippen molar-refractivity contribution in [1.82, 2.24) is 0 Å². The van der Waals surface area contributed by atoms with Crippen LogP contribution in [0.2, 0.25) is 0 Å². The van der Waals surface area contributed by atoms with Crippen molar-refractivity contribution < 1.29 is 24.2 Å². The molecule has 1 N–H and O–H groups in total. The van der Waals surface area contributed by atoms with E-state index in [1.54, 1.807) is 0 Å². The average molecular weight is 865 g/mol. The fourth-order valence-corrected chi connectivity index (χ4v) is 7.56. The third kappa shape index (κ3) is 50.0. The van der Waals surface area contributed by atoms with Crippen LogP contribution in [0.15, 0.2) is 72.9 Å². The molecule has 358 valence electrons. The Hall–Kier alpha value is -2.66. The highest BCUT2D eigenvalue weighted by Crippen LogP contribution is 2.16. The van der Waals surface area contributed by atoms with Crippen molar-refractivity contribution in [2.45, 2.75) is 264 Å². The first-order valence-electron chi connectivity index (χ1n) is 26.5. The molecule has 0 aliphatic heterocycles. The van der Waals surface area contributed by atoms with Gasteiger partial charge >= 0.3 is 11.9 Å². The zero-order valence-corrected chi connectivity index (χ0v) is 40.9. The topological polar surface area (TPSA) is 72.8 Å². The molecule has 0 rings (SSSR count). The Labute approximate surface area is 384 Å². The molecule has 0 aromatic rings. The third-order valence-electron chi connectivity index (χ3n) is 11.5. The van der Waals surface area contributed by atoms with Crippen LogP contribution in [0, 0.1) is 0 Å². The van der Waals surface area contributed by atoms with Gasteiger partial charge in [-0.2, -0.15) is 0 Å².